The predicted octanol–water partition coefficient (Wildman–Crippen LogP) is 2.77. The molecule has 1 aliphatic rings. The van der Waals surface area contributed by atoms with Gasteiger partial charge in [-0.3, -0.25) is 4.79 Å². The van der Waals surface area contributed by atoms with Gasteiger partial charge in [-0.25, -0.2) is 0 Å². The molecule has 0 heterocycles. The number of amides is 1. The summed E-state index contributed by atoms with van der Waals surface area (Å²) in [4.78, 5) is 12.1. The van der Waals surface area contributed by atoms with E-state index in [9.17, 15) is 4.79 Å². The van der Waals surface area contributed by atoms with Crippen LogP contribution in [-0.4, -0.2) is 18.5 Å². The van der Waals surface area contributed by atoms with Gasteiger partial charge in [-0.15, -0.1) is 0 Å². The van der Waals surface area contributed by atoms with Crippen molar-refractivity contribution < 1.29 is 4.79 Å². The van der Waals surface area contributed by atoms with Gasteiger partial charge < -0.3 is 11.1 Å². The first-order valence-electron chi connectivity index (χ1n) is 7.46. The van der Waals surface area contributed by atoms with Gasteiger partial charge in [0.25, 0.3) is 0 Å². The van der Waals surface area contributed by atoms with Gasteiger partial charge >= 0.3 is 0 Å². The Labute approximate surface area is 121 Å². The van der Waals surface area contributed by atoms with Crippen LogP contribution in [0.15, 0.2) is 24.3 Å². The molecule has 110 valence electrons. The van der Waals surface area contributed by atoms with E-state index in [1.807, 2.05) is 13.8 Å². The normalized spacial score (nSPS) is 21.9. The number of nitrogens with two attached hydrogens (primary N) is 1. The molecular formula is C17H26N2O. The molecule has 2 atom stereocenters. The van der Waals surface area contributed by atoms with E-state index in [1.165, 1.54) is 11.1 Å². The lowest BCUT2D eigenvalue weighted by Crippen LogP contribution is -2.42. The minimum Gasteiger partial charge on any atom is -0.352 e. The van der Waals surface area contributed by atoms with Gasteiger partial charge in [0.1, 0.15) is 0 Å². The Morgan fingerprint density at radius 1 is 1.35 bits per heavy atom. The minimum absolute atomic E-state index is 0.0614. The summed E-state index contributed by atoms with van der Waals surface area (Å²) >= 11 is 0. The summed E-state index contributed by atoms with van der Waals surface area (Å²) in [5, 5.41) is 3.11. The molecule has 3 heteroatoms. The van der Waals surface area contributed by atoms with Crippen molar-refractivity contribution in [3.8, 4) is 0 Å². The standard InChI is InChI=1S/C17H26N2O/c1-11(2)12-5-7-13(8-6-12)14-9-15(14)19-16(20)17(3,4)10-18/h5-8,11,14-15H,9-10,18H2,1-4H3,(H,19,20)/t14-,15+/m1/s1. The van der Waals surface area contributed by atoms with E-state index in [2.05, 4.69) is 43.4 Å². The molecule has 0 radical (unpaired) electrons. The van der Waals surface area contributed by atoms with Gasteiger partial charge in [-0.1, -0.05) is 38.1 Å². The van der Waals surface area contributed by atoms with E-state index in [0.29, 0.717) is 18.4 Å². The fourth-order valence-corrected chi connectivity index (χ4v) is 2.31. The fraction of sp³-hybridized carbons (Fsp3) is 0.588. The first-order valence-corrected chi connectivity index (χ1v) is 7.46. The van der Waals surface area contributed by atoms with E-state index >= 15 is 0 Å². The highest BCUT2D eigenvalue weighted by Gasteiger charge is 2.41. The molecule has 3 N–H and O–H groups in total. The SMILES string of the molecule is CC(C)c1ccc([C@H]2C[C@@H]2NC(=O)C(C)(C)CN)cc1. The van der Waals surface area contributed by atoms with Gasteiger partial charge in [0.2, 0.25) is 5.91 Å². The lowest BCUT2D eigenvalue weighted by Gasteiger charge is -2.21. The molecule has 1 saturated carbocycles. The van der Waals surface area contributed by atoms with Crippen LogP contribution in [-0.2, 0) is 4.79 Å². The lowest BCUT2D eigenvalue weighted by atomic mass is 9.92. The van der Waals surface area contributed by atoms with Crippen LogP contribution in [0.1, 0.15) is 57.1 Å². The zero-order valence-electron chi connectivity index (χ0n) is 12.9. The van der Waals surface area contributed by atoms with Crippen molar-refractivity contribution >= 4 is 5.91 Å². The molecule has 0 aliphatic heterocycles. The van der Waals surface area contributed by atoms with E-state index in [-0.39, 0.29) is 11.9 Å². The molecule has 2 rings (SSSR count). The second-order valence-corrected chi connectivity index (χ2v) is 6.83. The molecule has 1 fully saturated rings. The summed E-state index contributed by atoms with van der Waals surface area (Å²) < 4.78 is 0. The van der Waals surface area contributed by atoms with Crippen LogP contribution in [0.4, 0.5) is 0 Å². The molecule has 1 amide bonds. The van der Waals surface area contributed by atoms with E-state index in [0.717, 1.165) is 6.42 Å². The molecule has 1 aromatic carbocycles. The van der Waals surface area contributed by atoms with Crippen molar-refractivity contribution in [2.45, 2.75) is 52.0 Å². The highest BCUT2D eigenvalue weighted by molar-refractivity contribution is 5.82. The summed E-state index contributed by atoms with van der Waals surface area (Å²) in [6.07, 6.45) is 1.04. The lowest BCUT2D eigenvalue weighted by molar-refractivity contribution is -0.129. The number of carbonyl (C=O) groups excluding carboxylic acids is 1. The monoisotopic (exact) mass is 274 g/mol. The third kappa shape index (κ3) is 3.21. The molecule has 1 aromatic rings. The van der Waals surface area contributed by atoms with Crippen molar-refractivity contribution in [1.82, 2.24) is 5.32 Å². The first kappa shape index (κ1) is 15.0. The molecule has 0 aromatic heterocycles. The van der Waals surface area contributed by atoms with Crippen molar-refractivity contribution in [1.29, 1.82) is 0 Å². The van der Waals surface area contributed by atoms with Gasteiger partial charge in [0.05, 0.1) is 5.41 Å². The quantitative estimate of drug-likeness (QED) is 0.867. The van der Waals surface area contributed by atoms with Crippen LogP contribution in [0.3, 0.4) is 0 Å². The van der Waals surface area contributed by atoms with Gasteiger partial charge in [0.15, 0.2) is 0 Å². The van der Waals surface area contributed by atoms with Crippen molar-refractivity contribution in [3.63, 3.8) is 0 Å². The minimum atomic E-state index is -0.478. The maximum Gasteiger partial charge on any atom is 0.227 e. The summed E-state index contributed by atoms with van der Waals surface area (Å²) in [6, 6.07) is 9.06. The number of hydrogen-bond donors (Lipinski definition) is 2. The molecule has 3 nitrogen and oxygen atoms in total. The second kappa shape index (κ2) is 5.57. The number of hydrogen-bond acceptors (Lipinski definition) is 2. The molecule has 0 bridgehead atoms. The summed E-state index contributed by atoms with van der Waals surface area (Å²) in [6.45, 7) is 8.54. The number of carbonyl (C=O) groups is 1. The van der Waals surface area contributed by atoms with E-state index in [4.69, 9.17) is 5.73 Å². The van der Waals surface area contributed by atoms with Crippen LogP contribution in [0.5, 0.6) is 0 Å². The average molecular weight is 274 g/mol. The highest BCUT2D eigenvalue weighted by atomic mass is 16.2. The third-order valence-corrected chi connectivity index (χ3v) is 4.26. The smallest absolute Gasteiger partial charge is 0.227 e. The van der Waals surface area contributed by atoms with Gasteiger partial charge in [0, 0.05) is 18.5 Å². The average Bonchev–Trinajstić information content (AvgIpc) is 3.18. The predicted molar refractivity (Wildman–Crippen MR) is 82.7 cm³/mol. The number of rotatable bonds is 5. The van der Waals surface area contributed by atoms with Crippen molar-refractivity contribution in [2.24, 2.45) is 11.1 Å². The Morgan fingerprint density at radius 2 is 1.95 bits per heavy atom. The fourth-order valence-electron chi connectivity index (χ4n) is 2.31. The number of nitrogens with one attached hydrogen (secondary N) is 1. The molecular weight excluding hydrogens is 248 g/mol. The third-order valence-electron chi connectivity index (χ3n) is 4.26. The summed E-state index contributed by atoms with van der Waals surface area (Å²) in [7, 11) is 0. The van der Waals surface area contributed by atoms with Gasteiger partial charge in [-0.2, -0.15) is 0 Å². The zero-order chi connectivity index (χ0) is 14.9. The Bertz CT molecular complexity index is 476. The Balaban J connectivity index is 1.93. The van der Waals surface area contributed by atoms with Crippen molar-refractivity contribution in [2.75, 3.05) is 6.54 Å². The molecule has 0 spiro atoms. The molecule has 20 heavy (non-hydrogen) atoms. The molecule has 1 aliphatic carbocycles. The van der Waals surface area contributed by atoms with Crippen LogP contribution in [0.2, 0.25) is 0 Å². The van der Waals surface area contributed by atoms with Crippen LogP contribution in [0, 0.1) is 5.41 Å². The second-order valence-electron chi connectivity index (χ2n) is 6.83. The molecule has 0 unspecified atom stereocenters. The Kier molecular flexibility index (Phi) is 4.19. The van der Waals surface area contributed by atoms with Crippen molar-refractivity contribution in [3.05, 3.63) is 35.4 Å². The zero-order valence-corrected chi connectivity index (χ0v) is 12.9. The number of benzene rings is 1. The van der Waals surface area contributed by atoms with Crippen LogP contribution in [0.25, 0.3) is 0 Å². The van der Waals surface area contributed by atoms with E-state index < -0.39 is 5.41 Å². The van der Waals surface area contributed by atoms with E-state index in [1.54, 1.807) is 0 Å². The van der Waals surface area contributed by atoms with Gasteiger partial charge in [-0.05, 0) is 37.3 Å². The highest BCUT2D eigenvalue weighted by Crippen LogP contribution is 2.41. The first-order chi connectivity index (χ1) is 9.35. The summed E-state index contributed by atoms with van der Waals surface area (Å²) in [5.41, 5.74) is 7.84. The maximum absolute atomic E-state index is 12.1. The Hall–Kier alpha value is -1.35. The van der Waals surface area contributed by atoms with Crippen LogP contribution < -0.4 is 11.1 Å². The Morgan fingerprint density at radius 3 is 2.45 bits per heavy atom. The topological polar surface area (TPSA) is 55.1 Å². The summed E-state index contributed by atoms with van der Waals surface area (Å²) in [5.74, 6) is 1.09. The maximum atomic E-state index is 12.1. The van der Waals surface area contributed by atoms with Crippen LogP contribution >= 0.6 is 0 Å². The largest absolute Gasteiger partial charge is 0.352 e. The molecule has 0 saturated heterocycles.